The van der Waals surface area contributed by atoms with Gasteiger partial charge in [0.05, 0.1) is 4.88 Å². The van der Waals surface area contributed by atoms with Crippen LogP contribution in [0.3, 0.4) is 0 Å². The molecule has 0 atom stereocenters. The second kappa shape index (κ2) is 6.63. The van der Waals surface area contributed by atoms with Gasteiger partial charge in [0.1, 0.15) is 5.75 Å². The molecule has 2 nitrogen and oxygen atoms in total. The third kappa shape index (κ3) is 3.86. The lowest BCUT2D eigenvalue weighted by Crippen LogP contribution is -2.11. The van der Waals surface area contributed by atoms with Crippen LogP contribution in [0.1, 0.15) is 45.4 Å². The summed E-state index contributed by atoms with van der Waals surface area (Å²) in [7, 11) is 0. The Morgan fingerprint density at radius 3 is 2.57 bits per heavy atom. The van der Waals surface area contributed by atoms with E-state index in [9.17, 15) is 4.79 Å². The number of hydrogen-bond donors (Lipinski definition) is 0. The Morgan fingerprint density at radius 2 is 2.00 bits per heavy atom. The number of ether oxygens (including phenoxy) is 1. The highest BCUT2D eigenvalue weighted by atomic mass is 35.5. The highest BCUT2D eigenvalue weighted by Crippen LogP contribution is 2.32. The van der Waals surface area contributed by atoms with E-state index in [0.29, 0.717) is 0 Å². The average Bonchev–Trinajstić information content (AvgIpc) is 2.85. The molecule has 112 valence electrons. The van der Waals surface area contributed by atoms with E-state index >= 15 is 0 Å². The third-order valence-corrected chi connectivity index (χ3v) is 4.74. The van der Waals surface area contributed by atoms with Gasteiger partial charge in [-0.25, -0.2) is 0 Å². The van der Waals surface area contributed by atoms with E-state index in [-0.39, 0.29) is 18.3 Å². The summed E-state index contributed by atoms with van der Waals surface area (Å²) >= 11 is 7.67. The van der Waals surface area contributed by atoms with E-state index in [1.54, 1.807) is 0 Å². The fraction of sp³-hybridized carbons (Fsp3) is 0.353. The smallest absolute Gasteiger partial charge is 0.210 e. The number of carbonyl (C=O) groups excluding carboxylic acids is 1. The summed E-state index contributed by atoms with van der Waals surface area (Å²) in [5, 5.41) is 0.728. The second-order valence-electron chi connectivity index (χ2n) is 5.42. The van der Waals surface area contributed by atoms with Crippen LogP contribution in [0.4, 0.5) is 0 Å². The van der Waals surface area contributed by atoms with Gasteiger partial charge in [0.15, 0.2) is 6.61 Å². The van der Waals surface area contributed by atoms with Crippen molar-refractivity contribution >= 4 is 28.7 Å². The number of aryl methyl sites for hydroxylation is 2. The molecule has 4 heteroatoms. The van der Waals surface area contributed by atoms with E-state index in [0.717, 1.165) is 31.7 Å². The Labute approximate surface area is 134 Å². The summed E-state index contributed by atoms with van der Waals surface area (Å²) in [4.78, 5) is 14.0. The first kappa shape index (κ1) is 16.1. The SMILES string of the molecule is Cc1ccc(C(=O)COc2cc(C)c(Cl)cc2C(C)C)s1. The van der Waals surface area contributed by atoms with Crippen LogP contribution in [0.5, 0.6) is 5.75 Å². The molecule has 0 amide bonds. The van der Waals surface area contributed by atoms with Crippen LogP contribution in [-0.2, 0) is 0 Å². The minimum absolute atomic E-state index is 0.00964. The van der Waals surface area contributed by atoms with Crippen LogP contribution in [0.15, 0.2) is 24.3 Å². The zero-order chi connectivity index (χ0) is 15.6. The van der Waals surface area contributed by atoms with E-state index < -0.39 is 0 Å². The maximum Gasteiger partial charge on any atom is 0.210 e. The normalized spacial score (nSPS) is 11.0. The molecule has 0 fully saturated rings. The summed E-state index contributed by atoms with van der Waals surface area (Å²) in [5.74, 6) is 1.04. The summed E-state index contributed by atoms with van der Waals surface area (Å²) in [6, 6.07) is 7.63. The molecule has 0 unspecified atom stereocenters. The summed E-state index contributed by atoms with van der Waals surface area (Å²) in [5.41, 5.74) is 1.98. The largest absolute Gasteiger partial charge is 0.485 e. The van der Waals surface area contributed by atoms with E-state index in [4.69, 9.17) is 16.3 Å². The Balaban J connectivity index is 2.16. The Hall–Kier alpha value is -1.32. The van der Waals surface area contributed by atoms with Gasteiger partial charge in [0.25, 0.3) is 0 Å². The van der Waals surface area contributed by atoms with Gasteiger partial charge in [-0.05, 0) is 55.2 Å². The molecule has 2 aromatic rings. The van der Waals surface area contributed by atoms with Gasteiger partial charge < -0.3 is 4.74 Å². The van der Waals surface area contributed by atoms with E-state index in [1.807, 2.05) is 38.1 Å². The zero-order valence-electron chi connectivity index (χ0n) is 12.7. The van der Waals surface area contributed by atoms with Crippen molar-refractivity contribution in [3.63, 3.8) is 0 Å². The van der Waals surface area contributed by atoms with Crippen LogP contribution in [0, 0.1) is 13.8 Å². The first-order chi connectivity index (χ1) is 9.88. The molecular weight excluding hydrogens is 304 g/mol. The van der Waals surface area contributed by atoms with Crippen molar-refractivity contribution in [1.29, 1.82) is 0 Å². The van der Waals surface area contributed by atoms with Crippen molar-refractivity contribution in [3.8, 4) is 5.75 Å². The van der Waals surface area contributed by atoms with Gasteiger partial charge in [0.2, 0.25) is 5.78 Å². The van der Waals surface area contributed by atoms with Gasteiger partial charge in [-0.1, -0.05) is 25.4 Å². The molecule has 0 aliphatic carbocycles. The lowest BCUT2D eigenvalue weighted by Gasteiger charge is -2.15. The molecule has 0 saturated carbocycles. The fourth-order valence-corrected chi connectivity index (χ4v) is 3.01. The van der Waals surface area contributed by atoms with Crippen LogP contribution >= 0.6 is 22.9 Å². The van der Waals surface area contributed by atoms with Crippen molar-refractivity contribution in [2.75, 3.05) is 6.61 Å². The molecule has 1 aromatic heterocycles. The standard InChI is InChI=1S/C17H19ClO2S/c1-10(2)13-8-14(18)11(3)7-16(13)20-9-15(19)17-6-5-12(4)21-17/h5-8,10H,9H2,1-4H3. The molecule has 0 aliphatic rings. The first-order valence-corrected chi connectivity index (χ1v) is 8.10. The van der Waals surface area contributed by atoms with Crippen LogP contribution in [0.25, 0.3) is 0 Å². The third-order valence-electron chi connectivity index (χ3n) is 3.29. The maximum atomic E-state index is 12.1. The number of carbonyl (C=O) groups is 1. The van der Waals surface area contributed by atoms with Crippen LogP contribution in [0.2, 0.25) is 5.02 Å². The number of rotatable bonds is 5. The van der Waals surface area contributed by atoms with Gasteiger partial charge in [-0.2, -0.15) is 0 Å². The Bertz CT molecular complexity index is 659. The van der Waals surface area contributed by atoms with Crippen molar-refractivity contribution in [2.45, 2.75) is 33.6 Å². The lowest BCUT2D eigenvalue weighted by molar-refractivity contribution is 0.0924. The van der Waals surface area contributed by atoms with E-state index in [2.05, 4.69) is 13.8 Å². The molecule has 2 rings (SSSR count). The van der Waals surface area contributed by atoms with Crippen molar-refractivity contribution in [3.05, 3.63) is 50.2 Å². The number of thiophene rings is 1. The minimum Gasteiger partial charge on any atom is -0.485 e. The zero-order valence-corrected chi connectivity index (χ0v) is 14.3. The molecule has 0 saturated heterocycles. The Kier molecular flexibility index (Phi) is 5.07. The number of Topliss-reactive ketones (excluding diaryl/α,β-unsaturated/α-hetero) is 1. The molecular formula is C17H19ClO2S. The number of halogens is 1. The van der Waals surface area contributed by atoms with E-state index in [1.165, 1.54) is 11.3 Å². The van der Waals surface area contributed by atoms with Crippen molar-refractivity contribution < 1.29 is 9.53 Å². The molecule has 0 spiro atoms. The molecule has 0 radical (unpaired) electrons. The lowest BCUT2D eigenvalue weighted by atomic mass is 10.0. The van der Waals surface area contributed by atoms with Gasteiger partial charge in [-0.15, -0.1) is 11.3 Å². The first-order valence-electron chi connectivity index (χ1n) is 6.91. The highest BCUT2D eigenvalue weighted by Gasteiger charge is 2.14. The number of ketones is 1. The molecule has 0 aliphatic heterocycles. The quantitative estimate of drug-likeness (QED) is 0.688. The van der Waals surface area contributed by atoms with Gasteiger partial charge >= 0.3 is 0 Å². The predicted octanol–water partition coefficient (Wildman–Crippen LogP) is 5.40. The summed E-state index contributed by atoms with van der Waals surface area (Å²) < 4.78 is 5.76. The predicted molar refractivity (Wildman–Crippen MR) is 89.2 cm³/mol. The monoisotopic (exact) mass is 322 g/mol. The van der Waals surface area contributed by atoms with Gasteiger partial charge in [0, 0.05) is 9.90 Å². The van der Waals surface area contributed by atoms with Crippen LogP contribution in [-0.4, -0.2) is 12.4 Å². The average molecular weight is 323 g/mol. The maximum absolute atomic E-state index is 12.1. The number of hydrogen-bond acceptors (Lipinski definition) is 3. The van der Waals surface area contributed by atoms with Crippen molar-refractivity contribution in [2.24, 2.45) is 0 Å². The second-order valence-corrected chi connectivity index (χ2v) is 7.11. The topological polar surface area (TPSA) is 26.3 Å². The molecule has 1 heterocycles. The van der Waals surface area contributed by atoms with Crippen LogP contribution < -0.4 is 4.74 Å². The highest BCUT2D eigenvalue weighted by molar-refractivity contribution is 7.14. The summed E-state index contributed by atoms with van der Waals surface area (Å²) in [6.07, 6.45) is 0. The molecule has 0 N–H and O–H groups in total. The fourth-order valence-electron chi connectivity index (χ4n) is 2.05. The van der Waals surface area contributed by atoms with Gasteiger partial charge in [-0.3, -0.25) is 4.79 Å². The molecule has 1 aromatic carbocycles. The summed E-state index contributed by atoms with van der Waals surface area (Å²) in [6.45, 7) is 8.14. The minimum atomic E-state index is 0.00964. The molecule has 21 heavy (non-hydrogen) atoms. The molecule has 0 bridgehead atoms. The Morgan fingerprint density at radius 1 is 1.29 bits per heavy atom. The van der Waals surface area contributed by atoms with Crippen molar-refractivity contribution in [1.82, 2.24) is 0 Å². The number of benzene rings is 1.